The minimum absolute atomic E-state index is 0. The third kappa shape index (κ3) is 65.8. The van der Waals surface area contributed by atoms with E-state index >= 15 is 0 Å². The summed E-state index contributed by atoms with van der Waals surface area (Å²) in [4.78, 5) is 0. The smallest absolute Gasteiger partial charge is 0.343 e. The second-order valence-electron chi connectivity index (χ2n) is 18.7. The third-order valence-corrected chi connectivity index (χ3v) is 12.7. The Kier molecular flexibility index (Phi) is 68.4. The van der Waals surface area contributed by atoms with E-state index in [1.807, 2.05) is 0 Å². The average molecular weight is 846 g/mol. The molecule has 0 aliphatic heterocycles. The zero-order valence-electron chi connectivity index (χ0n) is 40.5. The summed E-state index contributed by atoms with van der Waals surface area (Å²) in [6.45, 7) is 12.4. The summed E-state index contributed by atoms with van der Waals surface area (Å²) in [6, 6.07) is 0. The van der Waals surface area contributed by atoms with Crippen LogP contribution in [-0.2, 0) is 16.5 Å². The van der Waals surface area contributed by atoms with Crippen molar-refractivity contribution in [2.75, 3.05) is 0 Å². The molecule has 0 N–H and O–H groups in total. The van der Waals surface area contributed by atoms with Gasteiger partial charge in [-0.3, -0.25) is 0 Å². The van der Waals surface area contributed by atoms with Crippen molar-refractivity contribution < 1.29 is 16.5 Å². The van der Waals surface area contributed by atoms with Crippen molar-refractivity contribution in [3.63, 3.8) is 0 Å². The molecule has 0 unspecified atom stereocenters. The zero-order valence-corrected chi connectivity index (χ0v) is 41.5. The Morgan fingerprint density at radius 2 is 0.246 bits per heavy atom. The fraction of sp³-hybridized carbons (Fsp3) is 0.964. The molecule has 0 aliphatic carbocycles. The molecule has 0 spiro atoms. The van der Waals surface area contributed by atoms with Crippen molar-refractivity contribution in [1.29, 1.82) is 0 Å². The molecular formula is C56H114Ni. The van der Waals surface area contributed by atoms with Gasteiger partial charge in [-0.15, -0.1) is 0 Å². The van der Waals surface area contributed by atoms with Crippen molar-refractivity contribution in [3.8, 4) is 0 Å². The maximum atomic E-state index is 3.91. The molecule has 0 saturated heterocycles. The Morgan fingerprint density at radius 3 is 0.333 bits per heavy atom. The van der Waals surface area contributed by atoms with Gasteiger partial charge in [0, 0.05) is 0 Å². The quantitative estimate of drug-likeness (QED) is 0.0325. The van der Waals surface area contributed by atoms with Crippen molar-refractivity contribution >= 4 is 0 Å². The van der Waals surface area contributed by atoms with Gasteiger partial charge in [-0.1, -0.05) is 335 Å². The second kappa shape index (κ2) is 63.1. The van der Waals surface area contributed by atoms with Crippen LogP contribution in [0.25, 0.3) is 0 Å². The standard InChI is InChI=1S/2C28H57.Ni/c2*1-3-5-7-9-11-13-15-17-19-21-23-25-27-28-26-24-22-20-18-16-14-12-10-8-6-4-2;/h2*1,3-28H2,2H3;/q2*-1;+2. The molecule has 0 amide bonds. The molecule has 0 atom stereocenters. The van der Waals surface area contributed by atoms with Gasteiger partial charge in [0.1, 0.15) is 0 Å². The van der Waals surface area contributed by atoms with Crippen molar-refractivity contribution in [1.82, 2.24) is 0 Å². The Balaban J connectivity index is -0.00000101. The van der Waals surface area contributed by atoms with E-state index in [4.69, 9.17) is 0 Å². The van der Waals surface area contributed by atoms with Crippen LogP contribution in [-0.4, -0.2) is 0 Å². The largest absolute Gasteiger partial charge is 2.00 e. The van der Waals surface area contributed by atoms with Gasteiger partial charge in [0.05, 0.1) is 0 Å². The van der Waals surface area contributed by atoms with E-state index in [0.717, 1.165) is 12.8 Å². The molecule has 1 heteroatoms. The molecule has 0 fully saturated rings. The summed E-state index contributed by atoms with van der Waals surface area (Å²) in [5, 5.41) is 0. The van der Waals surface area contributed by atoms with E-state index in [1.54, 1.807) is 0 Å². The maximum Gasteiger partial charge on any atom is 2.00 e. The van der Waals surface area contributed by atoms with E-state index in [2.05, 4.69) is 27.7 Å². The summed E-state index contributed by atoms with van der Waals surface area (Å²) in [7, 11) is 0. The number of hydrogen-bond donors (Lipinski definition) is 0. The van der Waals surface area contributed by atoms with Crippen LogP contribution < -0.4 is 0 Å². The Morgan fingerprint density at radius 1 is 0.158 bits per heavy atom. The first kappa shape index (κ1) is 61.8. The molecule has 0 radical (unpaired) electrons. The first-order chi connectivity index (χ1) is 27.8. The van der Waals surface area contributed by atoms with E-state index in [9.17, 15) is 0 Å². The third-order valence-electron chi connectivity index (χ3n) is 12.7. The van der Waals surface area contributed by atoms with Crippen LogP contribution in [0.5, 0.6) is 0 Å². The van der Waals surface area contributed by atoms with E-state index < -0.39 is 0 Å². The van der Waals surface area contributed by atoms with Crippen molar-refractivity contribution in [3.05, 3.63) is 13.8 Å². The van der Waals surface area contributed by atoms with Crippen LogP contribution in [0.15, 0.2) is 0 Å². The second-order valence-corrected chi connectivity index (χ2v) is 18.7. The maximum absolute atomic E-state index is 3.91. The van der Waals surface area contributed by atoms with Crippen LogP contribution in [0.2, 0.25) is 0 Å². The minimum atomic E-state index is 0. The number of rotatable bonds is 50. The topological polar surface area (TPSA) is 0 Å². The van der Waals surface area contributed by atoms with Gasteiger partial charge in [0.15, 0.2) is 0 Å². The van der Waals surface area contributed by atoms with Crippen molar-refractivity contribution in [2.24, 2.45) is 0 Å². The van der Waals surface area contributed by atoms with E-state index in [0.29, 0.717) is 0 Å². The van der Waals surface area contributed by atoms with Gasteiger partial charge >= 0.3 is 16.5 Å². The summed E-state index contributed by atoms with van der Waals surface area (Å²) < 4.78 is 0. The molecule has 0 aromatic heterocycles. The molecule has 348 valence electrons. The van der Waals surface area contributed by atoms with E-state index in [-0.39, 0.29) is 16.5 Å². The predicted octanol–water partition coefficient (Wildman–Crippen LogP) is 22.0. The predicted molar refractivity (Wildman–Crippen MR) is 262 cm³/mol. The van der Waals surface area contributed by atoms with Crippen LogP contribution in [0.1, 0.15) is 348 Å². The summed E-state index contributed by atoms with van der Waals surface area (Å²) >= 11 is 0. The van der Waals surface area contributed by atoms with Gasteiger partial charge in [-0.2, -0.15) is 12.8 Å². The molecule has 0 rings (SSSR count). The number of unbranched alkanes of at least 4 members (excludes halogenated alkanes) is 50. The van der Waals surface area contributed by atoms with Gasteiger partial charge in [-0.25, -0.2) is 0 Å². The molecule has 0 aliphatic rings. The number of hydrogen-bond acceptors (Lipinski definition) is 0. The van der Waals surface area contributed by atoms with Gasteiger partial charge < -0.3 is 13.8 Å². The summed E-state index contributed by atoms with van der Waals surface area (Å²) in [5.41, 5.74) is 0. The van der Waals surface area contributed by atoms with Crippen LogP contribution in [0.3, 0.4) is 0 Å². The molecule has 0 saturated carbocycles. The fourth-order valence-electron chi connectivity index (χ4n) is 8.63. The van der Waals surface area contributed by atoms with Gasteiger partial charge in [0.2, 0.25) is 0 Å². The first-order valence-electron chi connectivity index (χ1n) is 27.4. The monoisotopic (exact) mass is 845 g/mol. The summed E-state index contributed by atoms with van der Waals surface area (Å²) in [6.07, 6.45) is 75.6. The Bertz CT molecular complexity index is 496. The zero-order chi connectivity index (χ0) is 40.8. The molecule has 0 aromatic carbocycles. The molecular weight excluding hydrogens is 731 g/mol. The normalized spacial score (nSPS) is 11.2. The SMILES string of the molecule is [CH2-]CCCCCCCCCCCCCCCCCCCCCCCCCCC.[CH2-]CCCCCCCCCCCCCCCCCCCCCCCCCCC.[Ni+2]. The Labute approximate surface area is 376 Å². The Hall–Kier alpha value is 0.494. The molecule has 0 nitrogen and oxygen atoms in total. The van der Waals surface area contributed by atoms with Gasteiger partial charge in [0.25, 0.3) is 0 Å². The van der Waals surface area contributed by atoms with Crippen LogP contribution in [0, 0.1) is 13.8 Å². The first-order valence-corrected chi connectivity index (χ1v) is 27.4. The van der Waals surface area contributed by atoms with E-state index in [1.165, 1.54) is 321 Å². The summed E-state index contributed by atoms with van der Waals surface area (Å²) in [5.74, 6) is 0. The molecule has 0 bridgehead atoms. The van der Waals surface area contributed by atoms with Crippen LogP contribution in [0.4, 0.5) is 0 Å². The fourth-order valence-corrected chi connectivity index (χ4v) is 8.63. The van der Waals surface area contributed by atoms with Crippen molar-refractivity contribution in [2.45, 2.75) is 348 Å². The average Bonchev–Trinajstić information content (AvgIpc) is 3.21. The van der Waals surface area contributed by atoms with Crippen LogP contribution >= 0.6 is 0 Å². The molecule has 57 heavy (non-hydrogen) atoms. The molecule has 0 heterocycles. The molecule has 0 aromatic rings. The minimum Gasteiger partial charge on any atom is -0.343 e. The van der Waals surface area contributed by atoms with Gasteiger partial charge in [-0.05, 0) is 0 Å².